The van der Waals surface area contributed by atoms with Crippen LogP contribution >= 0.6 is 0 Å². The Morgan fingerprint density at radius 2 is 1.86 bits per heavy atom. The fourth-order valence-electron chi connectivity index (χ4n) is 1.57. The van der Waals surface area contributed by atoms with Crippen molar-refractivity contribution in [2.45, 2.75) is 39.0 Å². The van der Waals surface area contributed by atoms with E-state index in [2.05, 4.69) is 6.92 Å². The Kier molecular flexibility index (Phi) is 7.48. The summed E-state index contributed by atoms with van der Waals surface area (Å²) in [7, 11) is 3.65. The van der Waals surface area contributed by atoms with Crippen LogP contribution in [0.5, 0.6) is 0 Å². The molecule has 0 rings (SSSR count). The SMILES string of the molecule is CCCCC(CCCN)C(=O)N(C)C. The predicted octanol–water partition coefficient (Wildman–Crippen LogP) is 1.62. The van der Waals surface area contributed by atoms with Gasteiger partial charge in [0.1, 0.15) is 0 Å². The van der Waals surface area contributed by atoms with Gasteiger partial charge in [-0.25, -0.2) is 0 Å². The maximum Gasteiger partial charge on any atom is 0.225 e. The van der Waals surface area contributed by atoms with Gasteiger partial charge in [0.25, 0.3) is 0 Å². The molecule has 0 heterocycles. The zero-order valence-corrected chi connectivity index (χ0v) is 9.75. The van der Waals surface area contributed by atoms with Crippen LogP contribution in [0.25, 0.3) is 0 Å². The monoisotopic (exact) mass is 200 g/mol. The lowest BCUT2D eigenvalue weighted by Crippen LogP contribution is -2.30. The highest BCUT2D eigenvalue weighted by Crippen LogP contribution is 2.16. The minimum Gasteiger partial charge on any atom is -0.349 e. The molecule has 0 radical (unpaired) electrons. The Balaban J connectivity index is 4.01. The Morgan fingerprint density at radius 1 is 1.29 bits per heavy atom. The number of nitrogens with two attached hydrogens (primary N) is 1. The quantitative estimate of drug-likeness (QED) is 0.679. The van der Waals surface area contributed by atoms with Gasteiger partial charge in [-0.05, 0) is 25.8 Å². The summed E-state index contributed by atoms with van der Waals surface area (Å²) in [5.74, 6) is 0.445. The Morgan fingerprint density at radius 3 is 2.29 bits per heavy atom. The number of unbranched alkanes of at least 4 members (excludes halogenated alkanes) is 1. The number of hydrogen-bond donors (Lipinski definition) is 1. The standard InChI is InChI=1S/C11H24N2O/c1-4-5-7-10(8-6-9-12)11(14)13(2)3/h10H,4-9,12H2,1-3H3. The van der Waals surface area contributed by atoms with E-state index in [4.69, 9.17) is 5.73 Å². The molecule has 1 unspecified atom stereocenters. The smallest absolute Gasteiger partial charge is 0.225 e. The minimum atomic E-state index is 0.188. The van der Waals surface area contributed by atoms with Gasteiger partial charge in [0.05, 0.1) is 0 Å². The molecule has 0 spiro atoms. The van der Waals surface area contributed by atoms with Gasteiger partial charge < -0.3 is 10.6 Å². The van der Waals surface area contributed by atoms with Crippen LogP contribution in [0.1, 0.15) is 39.0 Å². The maximum atomic E-state index is 11.7. The number of nitrogens with zero attached hydrogens (tertiary/aromatic N) is 1. The van der Waals surface area contributed by atoms with Crippen LogP contribution in [0.4, 0.5) is 0 Å². The van der Waals surface area contributed by atoms with Gasteiger partial charge in [-0.2, -0.15) is 0 Å². The van der Waals surface area contributed by atoms with E-state index in [-0.39, 0.29) is 11.8 Å². The van der Waals surface area contributed by atoms with Crippen molar-refractivity contribution in [2.24, 2.45) is 11.7 Å². The molecule has 0 aliphatic rings. The van der Waals surface area contributed by atoms with E-state index in [1.54, 1.807) is 4.90 Å². The predicted molar refractivity (Wildman–Crippen MR) is 60.0 cm³/mol. The Bertz CT molecular complexity index is 149. The molecule has 2 N–H and O–H groups in total. The molecule has 0 bridgehead atoms. The van der Waals surface area contributed by atoms with Crippen LogP contribution in [0.2, 0.25) is 0 Å². The normalized spacial score (nSPS) is 12.6. The van der Waals surface area contributed by atoms with Crippen molar-refractivity contribution in [1.29, 1.82) is 0 Å². The first-order chi connectivity index (χ1) is 6.63. The van der Waals surface area contributed by atoms with Gasteiger partial charge in [0.15, 0.2) is 0 Å². The first-order valence-electron chi connectivity index (χ1n) is 5.54. The second kappa shape index (κ2) is 7.80. The molecule has 14 heavy (non-hydrogen) atoms. The van der Waals surface area contributed by atoms with E-state index in [1.807, 2.05) is 14.1 Å². The largest absolute Gasteiger partial charge is 0.349 e. The third-order valence-corrected chi connectivity index (χ3v) is 2.45. The van der Waals surface area contributed by atoms with E-state index in [1.165, 1.54) is 0 Å². The van der Waals surface area contributed by atoms with E-state index in [9.17, 15) is 4.79 Å². The van der Waals surface area contributed by atoms with Gasteiger partial charge in [-0.1, -0.05) is 19.8 Å². The molecular weight excluding hydrogens is 176 g/mol. The summed E-state index contributed by atoms with van der Waals surface area (Å²) in [6.07, 6.45) is 5.18. The lowest BCUT2D eigenvalue weighted by Gasteiger charge is -2.20. The average Bonchev–Trinajstić information content (AvgIpc) is 2.17. The lowest BCUT2D eigenvalue weighted by molar-refractivity contribution is -0.133. The van der Waals surface area contributed by atoms with Crippen LogP contribution in [0.3, 0.4) is 0 Å². The molecule has 1 amide bonds. The lowest BCUT2D eigenvalue weighted by atomic mass is 9.95. The zero-order chi connectivity index (χ0) is 11.0. The van der Waals surface area contributed by atoms with Gasteiger partial charge >= 0.3 is 0 Å². The molecule has 1 atom stereocenters. The molecule has 0 saturated carbocycles. The van der Waals surface area contributed by atoms with Crippen molar-refractivity contribution in [1.82, 2.24) is 4.90 Å². The highest BCUT2D eigenvalue weighted by molar-refractivity contribution is 5.78. The first-order valence-corrected chi connectivity index (χ1v) is 5.54. The number of amides is 1. The van der Waals surface area contributed by atoms with Gasteiger partial charge in [-0.3, -0.25) is 4.79 Å². The molecule has 0 aliphatic carbocycles. The van der Waals surface area contributed by atoms with Gasteiger partial charge in [0, 0.05) is 20.0 Å². The number of rotatable bonds is 7. The summed E-state index contributed by atoms with van der Waals surface area (Å²) in [4.78, 5) is 13.4. The van der Waals surface area contributed by atoms with Crippen LogP contribution in [-0.2, 0) is 4.79 Å². The molecule has 0 aromatic carbocycles. The topological polar surface area (TPSA) is 46.3 Å². The zero-order valence-electron chi connectivity index (χ0n) is 9.75. The molecule has 0 saturated heterocycles. The highest BCUT2D eigenvalue weighted by atomic mass is 16.2. The van der Waals surface area contributed by atoms with Gasteiger partial charge in [0.2, 0.25) is 5.91 Å². The summed E-state index contributed by atoms with van der Waals surface area (Å²) in [5.41, 5.74) is 5.46. The third kappa shape index (κ3) is 5.22. The molecule has 3 nitrogen and oxygen atoms in total. The van der Waals surface area contributed by atoms with E-state index < -0.39 is 0 Å². The van der Waals surface area contributed by atoms with Crippen LogP contribution in [0, 0.1) is 5.92 Å². The number of carbonyl (C=O) groups is 1. The molecular formula is C11H24N2O. The summed E-state index contributed by atoms with van der Waals surface area (Å²) >= 11 is 0. The third-order valence-electron chi connectivity index (χ3n) is 2.45. The summed E-state index contributed by atoms with van der Waals surface area (Å²) in [5, 5.41) is 0. The number of carbonyl (C=O) groups excluding carboxylic acids is 1. The van der Waals surface area contributed by atoms with Crippen molar-refractivity contribution in [3.63, 3.8) is 0 Å². The van der Waals surface area contributed by atoms with E-state index in [0.29, 0.717) is 6.54 Å². The van der Waals surface area contributed by atoms with Crippen LogP contribution in [0.15, 0.2) is 0 Å². The second-order valence-electron chi connectivity index (χ2n) is 4.00. The molecule has 0 fully saturated rings. The van der Waals surface area contributed by atoms with Gasteiger partial charge in [-0.15, -0.1) is 0 Å². The van der Waals surface area contributed by atoms with Crippen molar-refractivity contribution in [2.75, 3.05) is 20.6 Å². The summed E-state index contributed by atoms with van der Waals surface area (Å²) in [6, 6.07) is 0. The average molecular weight is 200 g/mol. The molecule has 0 aliphatic heterocycles. The first kappa shape index (κ1) is 13.4. The maximum absolute atomic E-state index is 11.7. The van der Waals surface area contributed by atoms with E-state index in [0.717, 1.165) is 32.1 Å². The fraction of sp³-hybridized carbons (Fsp3) is 0.909. The van der Waals surface area contributed by atoms with Crippen LogP contribution < -0.4 is 5.73 Å². The summed E-state index contributed by atoms with van der Waals surface area (Å²) in [6.45, 7) is 2.84. The number of hydrogen-bond acceptors (Lipinski definition) is 2. The second-order valence-corrected chi connectivity index (χ2v) is 4.00. The Labute approximate surface area is 87.6 Å². The van der Waals surface area contributed by atoms with Crippen LogP contribution in [-0.4, -0.2) is 31.4 Å². The molecule has 0 aromatic heterocycles. The van der Waals surface area contributed by atoms with Crippen molar-refractivity contribution in [3.8, 4) is 0 Å². The summed E-state index contributed by atoms with van der Waals surface area (Å²) < 4.78 is 0. The van der Waals surface area contributed by atoms with Crippen molar-refractivity contribution < 1.29 is 4.79 Å². The molecule has 0 aromatic rings. The van der Waals surface area contributed by atoms with Crippen molar-refractivity contribution >= 4 is 5.91 Å². The molecule has 3 heteroatoms. The minimum absolute atomic E-state index is 0.188. The fourth-order valence-corrected chi connectivity index (χ4v) is 1.57. The highest BCUT2D eigenvalue weighted by Gasteiger charge is 2.18. The molecule has 84 valence electrons. The van der Waals surface area contributed by atoms with Crippen molar-refractivity contribution in [3.05, 3.63) is 0 Å². The Hall–Kier alpha value is -0.570. The van der Waals surface area contributed by atoms with E-state index >= 15 is 0 Å².